The number of aromatic hydroxyl groups is 2. The van der Waals surface area contributed by atoms with E-state index in [0.29, 0.717) is 16.9 Å². The molecule has 20 nitrogen and oxygen atoms in total. The van der Waals surface area contributed by atoms with Gasteiger partial charge in [0.05, 0.1) is 16.7 Å². The molecule has 0 aliphatic heterocycles. The van der Waals surface area contributed by atoms with Crippen molar-refractivity contribution >= 4 is 64.5 Å². The van der Waals surface area contributed by atoms with Crippen LogP contribution >= 0.6 is 0 Å². The van der Waals surface area contributed by atoms with E-state index in [4.69, 9.17) is 5.26 Å². The third-order valence-electron chi connectivity index (χ3n) is 6.05. The van der Waals surface area contributed by atoms with Gasteiger partial charge in [-0.3, -0.25) is 5.26 Å². The zero-order valence-electron chi connectivity index (χ0n) is 24.0. The highest BCUT2D eigenvalue weighted by atomic mass is 17.1. The Morgan fingerprint density at radius 2 is 0.875 bits per heavy atom. The molecule has 0 unspecified atom stereocenters. The number of nitrogens with one attached hydrogen (secondary N) is 4. The van der Waals surface area contributed by atoms with Gasteiger partial charge in [0.25, 0.3) is 0 Å². The maximum atomic E-state index is 11.5. The number of aromatic nitrogens is 6. The van der Waals surface area contributed by atoms with E-state index in [9.17, 15) is 39.9 Å². The number of nitrogens with zero attached hydrogens (tertiary/aromatic N) is 6. The third-order valence-corrected chi connectivity index (χ3v) is 6.05. The van der Waals surface area contributed by atoms with Crippen molar-refractivity contribution in [2.24, 2.45) is 0 Å². The van der Waals surface area contributed by atoms with E-state index >= 15 is 0 Å². The van der Waals surface area contributed by atoms with E-state index in [1.165, 1.54) is 30.3 Å². The first-order valence-electron chi connectivity index (χ1n) is 13.3. The summed E-state index contributed by atoms with van der Waals surface area (Å²) in [6.45, 7) is -0.277. The summed E-state index contributed by atoms with van der Waals surface area (Å²) in [7, 11) is 0. The minimum absolute atomic E-state index is 0.0387. The first-order valence-corrected chi connectivity index (χ1v) is 13.3. The van der Waals surface area contributed by atoms with Crippen LogP contribution in [0.5, 0.6) is 12.0 Å². The maximum absolute atomic E-state index is 11.5. The Bertz CT molecular complexity index is 2000. The standard InChI is InChI=1S/C28H22N10O10/c39-20(40)13-5-12(11-48-47)6-18(8-13)31-25-33-23(35-27(45)37-25)29-16-1-3-17(4-2-16)30-24-34-26(38-28(46)36-24)32-19-9-14(21(41)42)7-15(10-19)22(43)44/h1-10,47H,11H2,(H,39,40)(H,41,42)(H,43,44)(H3,29,31,33,35,37,45)(H3,30,32,34,36,38,46). The first kappa shape index (κ1) is 32.2. The fraction of sp³-hybridized carbons (Fsp3) is 0.0357. The zero-order valence-corrected chi connectivity index (χ0v) is 24.0. The average molecular weight is 659 g/mol. The molecular weight excluding hydrogens is 636 g/mol. The van der Waals surface area contributed by atoms with Gasteiger partial charge < -0.3 is 46.8 Å². The van der Waals surface area contributed by atoms with Crippen LogP contribution in [0.25, 0.3) is 0 Å². The van der Waals surface area contributed by atoms with Gasteiger partial charge in [-0.05, 0) is 66.2 Å². The minimum atomic E-state index is -1.35. The van der Waals surface area contributed by atoms with Crippen LogP contribution in [0.15, 0.2) is 60.7 Å². The smallest absolute Gasteiger partial charge is 0.335 e. The Hall–Kier alpha value is -7.19. The molecule has 10 N–H and O–H groups in total. The summed E-state index contributed by atoms with van der Waals surface area (Å²) in [5, 5.41) is 68.0. The van der Waals surface area contributed by atoms with Crippen LogP contribution < -0.4 is 21.3 Å². The van der Waals surface area contributed by atoms with Crippen LogP contribution in [0.1, 0.15) is 36.6 Å². The highest BCUT2D eigenvalue weighted by Crippen LogP contribution is 2.25. The van der Waals surface area contributed by atoms with Gasteiger partial charge in [-0.2, -0.15) is 29.9 Å². The largest absolute Gasteiger partial charge is 0.479 e. The highest BCUT2D eigenvalue weighted by molar-refractivity contribution is 5.95. The van der Waals surface area contributed by atoms with Crippen LogP contribution in [0, 0.1) is 0 Å². The Morgan fingerprint density at radius 3 is 1.25 bits per heavy atom. The SMILES string of the molecule is O=C(O)c1cc(COO)cc(Nc2nc(O)nc(Nc3ccc(Nc4nc(O)nc(Nc5cc(C(=O)O)cc(C(=O)O)c5)n4)cc3)n2)c1. The summed E-state index contributed by atoms with van der Waals surface area (Å²) in [6.07, 6.45) is 0. The van der Waals surface area contributed by atoms with Crippen molar-refractivity contribution in [3.05, 3.63) is 82.9 Å². The van der Waals surface area contributed by atoms with Crippen molar-refractivity contribution < 1.29 is 50.1 Å². The van der Waals surface area contributed by atoms with Crippen LogP contribution in [-0.2, 0) is 11.5 Å². The molecule has 20 heteroatoms. The fourth-order valence-corrected chi connectivity index (χ4v) is 4.10. The summed E-state index contributed by atoms with van der Waals surface area (Å²) < 4.78 is 0. The lowest BCUT2D eigenvalue weighted by Crippen LogP contribution is -2.07. The molecule has 0 radical (unpaired) electrons. The van der Waals surface area contributed by atoms with Gasteiger partial charge in [0.15, 0.2) is 0 Å². The number of anilines is 8. The summed E-state index contributed by atoms with van der Waals surface area (Å²) >= 11 is 0. The summed E-state index contributed by atoms with van der Waals surface area (Å²) in [5.41, 5.74) is 0.822. The number of hydrogen-bond acceptors (Lipinski definition) is 17. The summed E-state index contributed by atoms with van der Waals surface area (Å²) in [5.74, 6) is -4.45. The van der Waals surface area contributed by atoms with Crippen LogP contribution in [0.2, 0.25) is 0 Å². The molecule has 0 atom stereocenters. The van der Waals surface area contributed by atoms with Gasteiger partial charge in [0.1, 0.15) is 6.61 Å². The molecular formula is C28H22N10O10. The number of rotatable bonds is 13. The normalized spacial score (nSPS) is 10.6. The lowest BCUT2D eigenvalue weighted by atomic mass is 10.1. The second-order valence-electron chi connectivity index (χ2n) is 9.55. The number of carbonyl (C=O) groups is 3. The Kier molecular flexibility index (Phi) is 9.29. The van der Waals surface area contributed by atoms with Crippen LogP contribution in [0.3, 0.4) is 0 Å². The molecule has 5 rings (SSSR count). The molecule has 0 bridgehead atoms. The van der Waals surface area contributed by atoms with Gasteiger partial charge in [0, 0.05) is 22.7 Å². The summed E-state index contributed by atoms with van der Waals surface area (Å²) in [4.78, 5) is 61.8. The third kappa shape index (κ3) is 8.29. The van der Waals surface area contributed by atoms with Crippen molar-refractivity contribution in [3.8, 4) is 12.0 Å². The monoisotopic (exact) mass is 658 g/mol. The number of carboxylic acid groups (broad SMARTS) is 3. The Balaban J connectivity index is 1.29. The Labute approximate surface area is 267 Å². The van der Waals surface area contributed by atoms with Crippen LogP contribution in [0.4, 0.5) is 46.5 Å². The molecule has 2 aromatic heterocycles. The number of carboxylic acids is 3. The second kappa shape index (κ2) is 13.8. The van der Waals surface area contributed by atoms with E-state index in [-0.39, 0.29) is 58.5 Å². The molecule has 0 saturated carbocycles. The zero-order chi connectivity index (χ0) is 34.4. The molecule has 3 aromatic carbocycles. The van der Waals surface area contributed by atoms with Gasteiger partial charge >= 0.3 is 29.9 Å². The molecule has 0 amide bonds. The van der Waals surface area contributed by atoms with E-state index in [0.717, 1.165) is 6.07 Å². The van der Waals surface area contributed by atoms with E-state index < -0.39 is 29.9 Å². The maximum Gasteiger partial charge on any atom is 0.335 e. The molecule has 48 heavy (non-hydrogen) atoms. The molecule has 0 fully saturated rings. The van der Waals surface area contributed by atoms with Crippen molar-refractivity contribution in [3.63, 3.8) is 0 Å². The van der Waals surface area contributed by atoms with Gasteiger partial charge in [-0.25, -0.2) is 19.3 Å². The molecule has 0 spiro atoms. The molecule has 0 aliphatic carbocycles. The van der Waals surface area contributed by atoms with Crippen molar-refractivity contribution in [2.45, 2.75) is 6.61 Å². The molecule has 5 aromatic rings. The summed E-state index contributed by atoms with van der Waals surface area (Å²) in [6, 6.07) is 12.4. The molecule has 2 heterocycles. The number of benzene rings is 3. The topological polar surface area (TPSA) is 307 Å². The predicted octanol–water partition coefficient (Wildman–Crippen LogP) is 3.53. The van der Waals surface area contributed by atoms with Crippen molar-refractivity contribution in [1.29, 1.82) is 0 Å². The first-order chi connectivity index (χ1) is 22.9. The quantitative estimate of drug-likeness (QED) is 0.0638. The van der Waals surface area contributed by atoms with E-state index in [1.807, 2.05) is 0 Å². The van der Waals surface area contributed by atoms with Crippen molar-refractivity contribution in [2.75, 3.05) is 21.3 Å². The molecule has 0 saturated heterocycles. The average Bonchev–Trinajstić information content (AvgIpc) is 3.01. The van der Waals surface area contributed by atoms with E-state index in [2.05, 4.69) is 56.1 Å². The predicted molar refractivity (Wildman–Crippen MR) is 164 cm³/mol. The number of hydrogen-bond donors (Lipinski definition) is 10. The Morgan fingerprint density at radius 1 is 0.521 bits per heavy atom. The second-order valence-corrected chi connectivity index (χ2v) is 9.55. The molecule has 0 aliphatic rings. The fourth-order valence-electron chi connectivity index (χ4n) is 4.10. The van der Waals surface area contributed by atoms with E-state index in [1.54, 1.807) is 24.3 Å². The number of aromatic carboxylic acids is 3. The lowest BCUT2D eigenvalue weighted by Gasteiger charge is -2.11. The van der Waals surface area contributed by atoms with Crippen LogP contribution in [-0.4, -0.2) is 78.6 Å². The minimum Gasteiger partial charge on any atom is -0.479 e. The highest BCUT2D eigenvalue weighted by Gasteiger charge is 2.15. The van der Waals surface area contributed by atoms with Gasteiger partial charge in [0.2, 0.25) is 23.8 Å². The van der Waals surface area contributed by atoms with Crippen molar-refractivity contribution in [1.82, 2.24) is 29.9 Å². The lowest BCUT2D eigenvalue weighted by molar-refractivity contribution is -0.253. The molecule has 244 valence electrons. The van der Waals surface area contributed by atoms with Gasteiger partial charge in [-0.1, -0.05) is 0 Å². The van der Waals surface area contributed by atoms with Gasteiger partial charge in [-0.15, -0.1) is 0 Å².